The summed E-state index contributed by atoms with van der Waals surface area (Å²) in [6.07, 6.45) is 3.79. The molecule has 2 bridgehead atoms. The van der Waals surface area contributed by atoms with Crippen molar-refractivity contribution in [3.8, 4) is 22.4 Å². The van der Waals surface area contributed by atoms with Gasteiger partial charge in [0.25, 0.3) is 5.92 Å². The number of H-pyrrole nitrogens is 1. The number of hydrogen-bond acceptors (Lipinski definition) is 5. The van der Waals surface area contributed by atoms with Crippen molar-refractivity contribution in [3.63, 3.8) is 0 Å². The molecule has 0 spiro atoms. The highest BCUT2D eigenvalue weighted by Gasteiger charge is 2.54. The van der Waals surface area contributed by atoms with Crippen molar-refractivity contribution in [2.75, 3.05) is 13.6 Å². The van der Waals surface area contributed by atoms with E-state index in [-0.39, 0.29) is 31.3 Å². The van der Waals surface area contributed by atoms with Crippen LogP contribution in [0.15, 0.2) is 42.6 Å². The second kappa shape index (κ2) is 10.0. The molecular weight excluding hydrogens is 521 g/mol. The van der Waals surface area contributed by atoms with Crippen LogP contribution in [0, 0.1) is 0 Å². The largest absolute Gasteiger partial charge is 0.495 e. The first kappa shape index (κ1) is 28.5. The van der Waals surface area contributed by atoms with E-state index in [1.165, 1.54) is 16.7 Å². The zero-order chi connectivity index (χ0) is 29.3. The molecule has 0 aliphatic carbocycles. The number of aromatic amines is 1. The number of fused-ring (bicyclic) bond motifs is 5. The Morgan fingerprint density at radius 2 is 1.51 bits per heavy atom. The summed E-state index contributed by atoms with van der Waals surface area (Å²) < 4.78 is 40.3. The molecule has 9 heteroatoms. The van der Waals surface area contributed by atoms with E-state index in [2.05, 4.69) is 91.3 Å². The number of rotatable bonds is 4. The molecule has 7 rings (SSSR count). The average molecular weight is 563 g/mol. The highest BCUT2D eigenvalue weighted by atomic mass is 19.3. The second-order valence-electron chi connectivity index (χ2n) is 12.6. The lowest BCUT2D eigenvalue weighted by atomic mass is 9.70. The summed E-state index contributed by atoms with van der Waals surface area (Å²) >= 11 is 0. The van der Waals surface area contributed by atoms with Crippen molar-refractivity contribution in [1.29, 1.82) is 0 Å². The van der Waals surface area contributed by atoms with Gasteiger partial charge in [0, 0.05) is 18.5 Å². The normalized spacial score (nSPS) is 27.1. The van der Waals surface area contributed by atoms with E-state index >= 15 is 0 Å². The molecule has 2 N–H and O–H groups in total. The maximum Gasteiger partial charge on any atom is 0.495 e. The lowest BCUT2D eigenvalue weighted by molar-refractivity contribution is 0.00578. The molecule has 218 valence electrons. The van der Waals surface area contributed by atoms with Crippen LogP contribution >= 0.6 is 0 Å². The number of imidazole rings is 1. The molecule has 3 atom stereocenters. The topological polar surface area (TPSA) is 62.4 Å². The molecule has 0 amide bonds. The van der Waals surface area contributed by atoms with Crippen LogP contribution < -0.4 is 10.8 Å². The minimum Gasteiger partial charge on any atom is -0.399 e. The number of nitrogens with one attached hydrogen (secondary N) is 2. The molecular formula is C32H41BF2N4O2. The van der Waals surface area contributed by atoms with Gasteiger partial charge in [0.15, 0.2) is 0 Å². The number of hydrogen-bond donors (Lipinski definition) is 2. The van der Waals surface area contributed by atoms with Gasteiger partial charge in [-0.3, -0.25) is 4.90 Å². The number of alkyl halides is 2. The quantitative estimate of drug-likeness (QED) is 0.353. The Bertz CT molecular complexity index is 1420. The molecule has 0 radical (unpaired) electrons. The van der Waals surface area contributed by atoms with Crippen LogP contribution in [-0.4, -0.2) is 52.7 Å². The molecule has 5 heterocycles. The van der Waals surface area contributed by atoms with Gasteiger partial charge in [-0.2, -0.15) is 0 Å². The van der Waals surface area contributed by atoms with Gasteiger partial charge >= 0.3 is 7.12 Å². The minimum atomic E-state index is -2.69. The SMILES string of the molecule is CC.CN1C2CCC1c1c(-c3ccc(-c4cnc(C5CC(F)(F)CN5)[nH]4)cc3)ccc(B3OC(C)(C)C(C)(C)O3)c12. The molecule has 3 fully saturated rings. The van der Waals surface area contributed by atoms with Crippen molar-refractivity contribution in [2.24, 2.45) is 0 Å². The van der Waals surface area contributed by atoms with Crippen LogP contribution in [0.2, 0.25) is 0 Å². The monoisotopic (exact) mass is 562 g/mol. The fraction of sp³-hybridized carbons (Fsp3) is 0.531. The molecule has 6 nitrogen and oxygen atoms in total. The summed E-state index contributed by atoms with van der Waals surface area (Å²) in [6, 6.07) is 13.2. The molecule has 3 unspecified atom stereocenters. The molecule has 2 aromatic carbocycles. The zero-order valence-corrected chi connectivity index (χ0v) is 25.1. The van der Waals surface area contributed by atoms with Gasteiger partial charge in [0.2, 0.25) is 0 Å². The summed E-state index contributed by atoms with van der Waals surface area (Å²) in [5.74, 6) is -2.13. The summed E-state index contributed by atoms with van der Waals surface area (Å²) in [5, 5.41) is 2.87. The Morgan fingerprint density at radius 1 is 0.902 bits per heavy atom. The Hall–Kier alpha value is -2.59. The predicted octanol–water partition coefficient (Wildman–Crippen LogP) is 6.56. The predicted molar refractivity (Wildman–Crippen MR) is 159 cm³/mol. The standard InChI is InChI=1S/C30H35BF2N4O2.C2H6/c1-28(2)29(3,4)39-31(38-28)20-11-10-19(25-23-12-13-24(26(20)25)37(23)5)17-6-8-18(9-7-17)22-15-34-27(36-22)21-14-30(32,33)16-35-21;1-2/h6-11,15,21,23-24,35H,12-14,16H2,1-5H3,(H,34,36);1-2H3. The summed E-state index contributed by atoms with van der Waals surface area (Å²) in [4.78, 5) is 10.1. The van der Waals surface area contributed by atoms with Crippen molar-refractivity contribution in [1.82, 2.24) is 20.2 Å². The second-order valence-corrected chi connectivity index (χ2v) is 12.6. The lowest BCUT2D eigenvalue weighted by Gasteiger charge is -2.32. The smallest absolute Gasteiger partial charge is 0.399 e. The van der Waals surface area contributed by atoms with Crippen molar-refractivity contribution >= 4 is 12.6 Å². The van der Waals surface area contributed by atoms with Crippen molar-refractivity contribution in [3.05, 3.63) is 59.5 Å². The molecule has 4 aliphatic heterocycles. The van der Waals surface area contributed by atoms with Gasteiger partial charge in [-0.05, 0) is 80.9 Å². The first-order chi connectivity index (χ1) is 19.4. The van der Waals surface area contributed by atoms with E-state index in [4.69, 9.17) is 9.31 Å². The Balaban J connectivity index is 0.00000148. The minimum absolute atomic E-state index is 0.234. The Labute approximate surface area is 242 Å². The molecule has 41 heavy (non-hydrogen) atoms. The van der Waals surface area contributed by atoms with Crippen molar-refractivity contribution < 1.29 is 18.1 Å². The first-order valence-electron chi connectivity index (χ1n) is 15.0. The summed E-state index contributed by atoms with van der Waals surface area (Å²) in [7, 11) is 1.85. The van der Waals surface area contributed by atoms with E-state index in [9.17, 15) is 8.78 Å². The van der Waals surface area contributed by atoms with Gasteiger partial charge in [0.05, 0.1) is 35.7 Å². The Kier molecular flexibility index (Phi) is 6.96. The summed E-state index contributed by atoms with van der Waals surface area (Å²) in [6.45, 7) is 12.1. The lowest BCUT2D eigenvalue weighted by Crippen LogP contribution is -2.41. The van der Waals surface area contributed by atoms with Gasteiger partial charge in [0.1, 0.15) is 5.82 Å². The fourth-order valence-corrected chi connectivity index (χ4v) is 6.85. The average Bonchev–Trinajstić information content (AvgIpc) is 3.74. The van der Waals surface area contributed by atoms with E-state index < -0.39 is 12.0 Å². The zero-order valence-electron chi connectivity index (χ0n) is 25.1. The van der Waals surface area contributed by atoms with Gasteiger partial charge in [-0.1, -0.05) is 50.2 Å². The van der Waals surface area contributed by atoms with E-state index in [1.807, 2.05) is 13.8 Å². The highest BCUT2D eigenvalue weighted by Crippen LogP contribution is 2.54. The third kappa shape index (κ3) is 4.65. The number of benzene rings is 2. The number of aromatic nitrogens is 2. The fourth-order valence-electron chi connectivity index (χ4n) is 6.85. The molecule has 0 saturated carbocycles. The maximum atomic E-state index is 13.6. The molecule has 4 aliphatic rings. The van der Waals surface area contributed by atoms with Crippen LogP contribution in [0.4, 0.5) is 8.78 Å². The van der Waals surface area contributed by atoms with E-state index in [0.717, 1.165) is 35.1 Å². The van der Waals surface area contributed by atoms with Crippen LogP contribution in [-0.2, 0) is 9.31 Å². The van der Waals surface area contributed by atoms with E-state index in [0.29, 0.717) is 17.9 Å². The van der Waals surface area contributed by atoms with Gasteiger partial charge in [-0.15, -0.1) is 0 Å². The van der Waals surface area contributed by atoms with Crippen LogP contribution in [0.25, 0.3) is 22.4 Å². The van der Waals surface area contributed by atoms with Crippen molar-refractivity contribution in [2.45, 2.75) is 96.1 Å². The van der Waals surface area contributed by atoms with Crippen LogP contribution in [0.3, 0.4) is 0 Å². The van der Waals surface area contributed by atoms with Crippen LogP contribution in [0.1, 0.15) is 95.9 Å². The third-order valence-electron chi connectivity index (χ3n) is 9.73. The number of halogens is 2. The van der Waals surface area contributed by atoms with Crippen LogP contribution in [0.5, 0.6) is 0 Å². The Morgan fingerprint density at radius 3 is 2.12 bits per heavy atom. The maximum absolute atomic E-state index is 13.6. The first-order valence-corrected chi connectivity index (χ1v) is 15.0. The molecule has 1 aromatic heterocycles. The number of nitrogens with zero attached hydrogens (tertiary/aromatic N) is 2. The third-order valence-corrected chi connectivity index (χ3v) is 9.73. The highest BCUT2D eigenvalue weighted by molar-refractivity contribution is 6.62. The van der Waals surface area contributed by atoms with Gasteiger partial charge < -0.3 is 19.6 Å². The molecule has 3 saturated heterocycles. The molecule has 3 aromatic rings. The van der Waals surface area contributed by atoms with E-state index in [1.54, 1.807) is 6.20 Å². The summed E-state index contributed by atoms with van der Waals surface area (Å²) in [5.41, 5.74) is 7.36. The van der Waals surface area contributed by atoms with Gasteiger partial charge in [-0.25, -0.2) is 13.8 Å².